The number of hydrogen-bond donors (Lipinski definition) is 2. The van der Waals surface area contributed by atoms with E-state index in [1.807, 2.05) is 60.7 Å². The van der Waals surface area contributed by atoms with Crippen molar-refractivity contribution in [2.24, 2.45) is 0 Å². The maximum absolute atomic E-state index is 5.36. The van der Waals surface area contributed by atoms with Gasteiger partial charge in [0.25, 0.3) is 0 Å². The van der Waals surface area contributed by atoms with E-state index in [-0.39, 0.29) is 42.0 Å². The first-order valence-corrected chi connectivity index (χ1v) is 4.40. The molecule has 16 heavy (non-hydrogen) atoms. The van der Waals surface area contributed by atoms with Crippen LogP contribution in [0.15, 0.2) is 60.7 Å². The van der Waals surface area contributed by atoms with Crippen LogP contribution in [-0.4, -0.2) is 0 Å². The van der Waals surface area contributed by atoms with Crippen LogP contribution in [0, 0.1) is 0 Å². The number of halogens is 1. The summed E-state index contributed by atoms with van der Waals surface area (Å²) in [4.78, 5) is 0. The smallest absolute Gasteiger partial charge is 1.00 e. The predicted molar refractivity (Wildman–Crippen MR) is 61.7 cm³/mol. The largest absolute Gasteiger partial charge is 1.00 e. The average molecular weight is 245 g/mol. The van der Waals surface area contributed by atoms with Gasteiger partial charge in [0.05, 0.1) is 0 Å². The van der Waals surface area contributed by atoms with Crippen molar-refractivity contribution in [2.75, 3.05) is 11.5 Å². The Kier molecular flexibility index (Phi) is 12.0. The summed E-state index contributed by atoms with van der Waals surface area (Å²) in [5.74, 6) is 0. The van der Waals surface area contributed by atoms with Crippen molar-refractivity contribution in [3.05, 3.63) is 60.7 Å². The molecule has 80 valence electrons. The molecule has 0 aliphatic carbocycles. The summed E-state index contributed by atoms with van der Waals surface area (Å²) in [5, 5.41) is 0. The SMILES string of the molecule is Nc1ccccc1.Nc1ccccc1.[Cl-].[Na+]. The van der Waals surface area contributed by atoms with Gasteiger partial charge in [0, 0.05) is 11.4 Å². The summed E-state index contributed by atoms with van der Waals surface area (Å²) in [6.45, 7) is 0. The molecule has 0 unspecified atom stereocenters. The number of para-hydroxylation sites is 2. The van der Waals surface area contributed by atoms with Gasteiger partial charge >= 0.3 is 29.6 Å². The first-order valence-electron chi connectivity index (χ1n) is 4.40. The minimum atomic E-state index is 0. The van der Waals surface area contributed by atoms with Gasteiger partial charge in [-0.3, -0.25) is 0 Å². The van der Waals surface area contributed by atoms with Crippen molar-refractivity contribution in [3.8, 4) is 0 Å². The van der Waals surface area contributed by atoms with E-state index < -0.39 is 0 Å². The van der Waals surface area contributed by atoms with Crippen molar-refractivity contribution in [2.45, 2.75) is 0 Å². The van der Waals surface area contributed by atoms with Crippen molar-refractivity contribution in [1.82, 2.24) is 0 Å². The number of anilines is 2. The van der Waals surface area contributed by atoms with Gasteiger partial charge in [-0.2, -0.15) is 0 Å². The predicted octanol–water partition coefficient (Wildman–Crippen LogP) is -3.45. The summed E-state index contributed by atoms with van der Waals surface area (Å²) in [5.41, 5.74) is 12.4. The summed E-state index contributed by atoms with van der Waals surface area (Å²) in [6, 6.07) is 19.0. The third kappa shape index (κ3) is 8.62. The van der Waals surface area contributed by atoms with Gasteiger partial charge in [-0.15, -0.1) is 0 Å². The van der Waals surface area contributed by atoms with Gasteiger partial charge in [0.15, 0.2) is 0 Å². The van der Waals surface area contributed by atoms with Gasteiger partial charge in [0.2, 0.25) is 0 Å². The molecule has 4 heteroatoms. The van der Waals surface area contributed by atoms with Crippen molar-refractivity contribution in [3.63, 3.8) is 0 Å². The summed E-state index contributed by atoms with van der Waals surface area (Å²) < 4.78 is 0. The van der Waals surface area contributed by atoms with Crippen LogP contribution in [0.3, 0.4) is 0 Å². The molecule has 4 N–H and O–H groups in total. The number of nitrogen functional groups attached to an aromatic ring is 2. The number of hydrogen-bond acceptors (Lipinski definition) is 2. The molecule has 0 atom stereocenters. The van der Waals surface area contributed by atoms with Gasteiger partial charge in [-0.25, -0.2) is 0 Å². The maximum atomic E-state index is 5.36. The maximum Gasteiger partial charge on any atom is 1.00 e. The molecule has 0 bridgehead atoms. The second-order valence-electron chi connectivity index (χ2n) is 2.82. The molecule has 0 radical (unpaired) electrons. The minimum absolute atomic E-state index is 0. The van der Waals surface area contributed by atoms with Crippen molar-refractivity contribution in [1.29, 1.82) is 0 Å². The van der Waals surface area contributed by atoms with Crippen LogP contribution >= 0.6 is 0 Å². The molecule has 2 rings (SSSR count). The van der Waals surface area contributed by atoms with Crippen LogP contribution in [0.1, 0.15) is 0 Å². The van der Waals surface area contributed by atoms with Gasteiger partial charge in [-0.05, 0) is 24.3 Å². The van der Waals surface area contributed by atoms with Crippen LogP contribution < -0.4 is 53.4 Å². The quantitative estimate of drug-likeness (QED) is 0.374. The van der Waals surface area contributed by atoms with E-state index in [9.17, 15) is 0 Å². The van der Waals surface area contributed by atoms with E-state index in [0.29, 0.717) is 0 Å². The molecule has 2 aromatic carbocycles. The Morgan fingerprint density at radius 3 is 0.938 bits per heavy atom. The Labute approximate surface area is 125 Å². The zero-order valence-electron chi connectivity index (χ0n) is 9.31. The molecule has 2 aromatic rings. The van der Waals surface area contributed by atoms with Crippen LogP contribution in [0.5, 0.6) is 0 Å². The Hall–Kier alpha value is -0.670. The molecule has 0 amide bonds. The van der Waals surface area contributed by atoms with Crippen LogP contribution in [0.4, 0.5) is 11.4 Å². The number of benzene rings is 2. The Morgan fingerprint density at radius 2 is 0.812 bits per heavy atom. The molecule has 0 aliphatic rings. The van der Waals surface area contributed by atoms with Gasteiger partial charge in [-0.1, -0.05) is 36.4 Å². The molecule has 0 fully saturated rings. The Balaban J connectivity index is 0. The summed E-state index contributed by atoms with van der Waals surface area (Å²) >= 11 is 0. The first kappa shape index (κ1) is 17.7. The first-order chi connectivity index (χ1) is 6.79. The summed E-state index contributed by atoms with van der Waals surface area (Å²) in [6.07, 6.45) is 0. The van der Waals surface area contributed by atoms with Crippen LogP contribution in [0.2, 0.25) is 0 Å². The fourth-order valence-electron chi connectivity index (χ4n) is 0.906. The minimum Gasteiger partial charge on any atom is -1.00 e. The van der Waals surface area contributed by atoms with E-state index in [4.69, 9.17) is 11.5 Å². The zero-order valence-corrected chi connectivity index (χ0v) is 12.1. The van der Waals surface area contributed by atoms with Gasteiger partial charge in [0.1, 0.15) is 0 Å². The molecule has 2 nitrogen and oxygen atoms in total. The Morgan fingerprint density at radius 1 is 0.562 bits per heavy atom. The van der Waals surface area contributed by atoms with Gasteiger partial charge < -0.3 is 23.9 Å². The standard InChI is InChI=1S/2C6H7N.ClH.Na/c2*7-6-4-2-1-3-5-6;;/h2*1-5H,7H2;1H;/q;;;+1/p-1. The monoisotopic (exact) mass is 244 g/mol. The molecule has 0 spiro atoms. The second-order valence-corrected chi connectivity index (χ2v) is 2.82. The molecule has 0 aliphatic heterocycles. The number of rotatable bonds is 0. The number of nitrogens with two attached hydrogens (primary N) is 2. The van der Waals surface area contributed by atoms with E-state index >= 15 is 0 Å². The fourth-order valence-corrected chi connectivity index (χ4v) is 0.906. The topological polar surface area (TPSA) is 52.0 Å². The third-order valence-corrected chi connectivity index (χ3v) is 1.60. The molecule has 0 aromatic heterocycles. The van der Waals surface area contributed by atoms with Crippen LogP contribution in [-0.2, 0) is 0 Å². The summed E-state index contributed by atoms with van der Waals surface area (Å²) in [7, 11) is 0. The molecular weight excluding hydrogens is 231 g/mol. The third-order valence-electron chi connectivity index (χ3n) is 1.60. The van der Waals surface area contributed by atoms with Crippen molar-refractivity contribution < 1.29 is 42.0 Å². The zero-order chi connectivity index (χ0) is 10.2. The van der Waals surface area contributed by atoms with Crippen LogP contribution in [0.25, 0.3) is 0 Å². The molecule has 0 heterocycles. The Bertz CT molecular complexity index is 316. The fraction of sp³-hybridized carbons (Fsp3) is 0. The molecule has 0 saturated carbocycles. The van der Waals surface area contributed by atoms with E-state index in [1.165, 1.54) is 0 Å². The molecular formula is C12H14ClN2Na. The van der Waals surface area contributed by atoms with E-state index in [1.54, 1.807) is 0 Å². The second kappa shape index (κ2) is 10.8. The van der Waals surface area contributed by atoms with E-state index in [2.05, 4.69) is 0 Å². The molecule has 0 saturated heterocycles. The normalized spacial score (nSPS) is 7.50. The van der Waals surface area contributed by atoms with E-state index in [0.717, 1.165) is 11.4 Å². The van der Waals surface area contributed by atoms with Crippen molar-refractivity contribution >= 4 is 11.4 Å². The average Bonchev–Trinajstić information content (AvgIpc) is 2.21.